The summed E-state index contributed by atoms with van der Waals surface area (Å²) in [6, 6.07) is 3.81. The number of hydrogen-bond acceptors (Lipinski definition) is 4. The van der Waals surface area contributed by atoms with E-state index in [-0.39, 0.29) is 12.1 Å². The van der Waals surface area contributed by atoms with Gasteiger partial charge in [-0.2, -0.15) is 36.7 Å². The molecule has 0 unspecified atom stereocenters. The Balaban J connectivity index is 2.25. The first kappa shape index (κ1) is 22.2. The van der Waals surface area contributed by atoms with Gasteiger partial charge in [-0.05, 0) is 24.6 Å². The van der Waals surface area contributed by atoms with Crippen molar-refractivity contribution < 1.29 is 36.2 Å². The highest BCUT2D eigenvalue weighted by molar-refractivity contribution is 5.97. The van der Waals surface area contributed by atoms with Crippen LogP contribution in [0.2, 0.25) is 0 Å². The second-order valence-electron chi connectivity index (χ2n) is 6.13. The minimum atomic E-state index is -4.85. The van der Waals surface area contributed by atoms with E-state index >= 15 is 0 Å². The number of carbonyl (C=O) groups excluding carboxylic acids is 1. The number of amides is 1. The number of rotatable bonds is 5. The fourth-order valence-corrected chi connectivity index (χ4v) is 2.41. The molecule has 1 amide bonds. The summed E-state index contributed by atoms with van der Waals surface area (Å²) in [5.41, 5.74) is -5.61. The molecule has 156 valence electrons. The lowest BCUT2D eigenvalue weighted by Crippen LogP contribution is -2.46. The molecule has 6 nitrogen and oxygen atoms in total. The minimum Gasteiger partial charge on any atom is -0.378 e. The number of benzene rings is 1. The summed E-state index contributed by atoms with van der Waals surface area (Å²) in [4.78, 5) is 12.4. The number of nitrogens with zero attached hydrogens (tertiary/aromatic N) is 3. The Morgan fingerprint density at radius 2 is 1.90 bits per heavy atom. The van der Waals surface area contributed by atoms with E-state index in [1.807, 2.05) is 0 Å². The quantitative estimate of drug-likeness (QED) is 0.724. The van der Waals surface area contributed by atoms with Crippen LogP contribution in [0.15, 0.2) is 30.6 Å². The molecule has 0 aliphatic rings. The van der Waals surface area contributed by atoms with Crippen molar-refractivity contribution in [1.82, 2.24) is 9.78 Å². The van der Waals surface area contributed by atoms with E-state index in [1.54, 1.807) is 0 Å². The monoisotopic (exact) mass is 420 g/mol. The molecule has 1 aromatic carbocycles. The molecule has 2 aromatic rings. The number of nitriles is 1. The van der Waals surface area contributed by atoms with Gasteiger partial charge in [-0.25, -0.2) is 0 Å². The second-order valence-corrected chi connectivity index (χ2v) is 6.13. The lowest BCUT2D eigenvalue weighted by molar-refractivity contribution is -0.139. The number of halogens is 6. The number of hydrogen-bond donors (Lipinski definition) is 2. The highest BCUT2D eigenvalue weighted by Crippen LogP contribution is 2.34. The van der Waals surface area contributed by atoms with E-state index < -0.39 is 47.1 Å². The van der Waals surface area contributed by atoms with Crippen LogP contribution < -0.4 is 5.32 Å². The largest absolute Gasteiger partial charge is 0.419 e. The fourth-order valence-electron chi connectivity index (χ4n) is 2.41. The fraction of sp³-hybridized carbons (Fsp3) is 0.353. The molecule has 0 bridgehead atoms. The maximum Gasteiger partial charge on any atom is 0.419 e. The Bertz CT molecular complexity index is 945. The van der Waals surface area contributed by atoms with Crippen molar-refractivity contribution in [2.75, 3.05) is 5.32 Å². The lowest BCUT2D eigenvalue weighted by Gasteiger charge is -2.25. The molecular weight excluding hydrogens is 406 g/mol. The maximum atomic E-state index is 13.0. The highest BCUT2D eigenvalue weighted by atomic mass is 19.4. The Labute approximate surface area is 160 Å². The van der Waals surface area contributed by atoms with Gasteiger partial charge in [-0.15, -0.1) is 0 Å². The average molecular weight is 420 g/mol. The van der Waals surface area contributed by atoms with E-state index in [1.165, 1.54) is 13.0 Å². The normalized spacial score (nSPS) is 14.2. The van der Waals surface area contributed by atoms with Crippen LogP contribution in [0, 0.1) is 11.3 Å². The van der Waals surface area contributed by atoms with Crippen LogP contribution in [0.5, 0.6) is 0 Å². The van der Waals surface area contributed by atoms with Crippen LogP contribution in [-0.4, -0.2) is 26.4 Å². The van der Waals surface area contributed by atoms with Gasteiger partial charge in [0.25, 0.3) is 5.91 Å². The number of alkyl halides is 6. The summed E-state index contributed by atoms with van der Waals surface area (Å²) < 4.78 is 77.7. The zero-order valence-electron chi connectivity index (χ0n) is 14.8. The molecule has 2 N–H and O–H groups in total. The molecule has 0 saturated carbocycles. The van der Waals surface area contributed by atoms with Gasteiger partial charge in [0.05, 0.1) is 35.5 Å². The van der Waals surface area contributed by atoms with E-state index in [0.717, 1.165) is 12.1 Å². The van der Waals surface area contributed by atoms with Crippen molar-refractivity contribution in [3.05, 3.63) is 47.3 Å². The van der Waals surface area contributed by atoms with Crippen LogP contribution in [-0.2, 0) is 23.7 Å². The number of aliphatic hydroxyl groups is 1. The predicted octanol–water partition coefficient (Wildman–Crippen LogP) is 3.57. The molecule has 0 aliphatic carbocycles. The van der Waals surface area contributed by atoms with E-state index in [9.17, 15) is 36.2 Å². The second kappa shape index (κ2) is 7.75. The Morgan fingerprint density at radius 1 is 1.24 bits per heavy atom. The summed E-state index contributed by atoms with van der Waals surface area (Å²) >= 11 is 0. The molecule has 29 heavy (non-hydrogen) atoms. The van der Waals surface area contributed by atoms with E-state index in [0.29, 0.717) is 23.1 Å². The van der Waals surface area contributed by atoms with Crippen LogP contribution in [0.3, 0.4) is 0 Å². The van der Waals surface area contributed by atoms with E-state index in [2.05, 4.69) is 10.4 Å². The standard InChI is InChI=1S/C17H14F6N4O2/c1-2-15(29,9-27-8-11(7-25-27)16(18,19)20)14(28)26-12-4-3-10(6-24)13(5-12)17(21,22)23/h3-5,7-8,29H,2,9H2,1H3,(H,26,28)/t15-/m0/s1. The van der Waals surface area contributed by atoms with Crippen molar-refractivity contribution in [3.63, 3.8) is 0 Å². The minimum absolute atomic E-state index is 0.261. The maximum absolute atomic E-state index is 13.0. The summed E-state index contributed by atoms with van der Waals surface area (Å²) in [6.45, 7) is 0.710. The van der Waals surface area contributed by atoms with Crippen molar-refractivity contribution in [2.45, 2.75) is 37.8 Å². The van der Waals surface area contributed by atoms with Gasteiger partial charge in [0.1, 0.15) is 0 Å². The summed E-state index contributed by atoms with van der Waals surface area (Å²) in [7, 11) is 0. The third-order valence-electron chi connectivity index (χ3n) is 4.09. The average Bonchev–Trinajstić information content (AvgIpc) is 3.09. The summed E-state index contributed by atoms with van der Waals surface area (Å²) in [5.74, 6) is -1.14. The predicted molar refractivity (Wildman–Crippen MR) is 87.3 cm³/mol. The van der Waals surface area contributed by atoms with Gasteiger partial charge in [0, 0.05) is 11.9 Å². The van der Waals surface area contributed by atoms with Crippen molar-refractivity contribution >= 4 is 11.6 Å². The van der Waals surface area contributed by atoms with Gasteiger partial charge < -0.3 is 10.4 Å². The lowest BCUT2D eigenvalue weighted by atomic mass is 9.99. The molecule has 0 fully saturated rings. The van der Waals surface area contributed by atoms with Gasteiger partial charge in [-0.1, -0.05) is 6.92 Å². The molecule has 1 aromatic heterocycles. The third-order valence-corrected chi connectivity index (χ3v) is 4.09. The highest BCUT2D eigenvalue weighted by Gasteiger charge is 2.38. The zero-order chi connectivity index (χ0) is 22.0. The Hall–Kier alpha value is -3.07. The molecule has 0 aliphatic heterocycles. The molecule has 0 radical (unpaired) electrons. The van der Waals surface area contributed by atoms with Crippen LogP contribution in [0.1, 0.15) is 30.0 Å². The Kier molecular flexibility index (Phi) is 5.94. The van der Waals surface area contributed by atoms with E-state index in [4.69, 9.17) is 5.26 Å². The van der Waals surface area contributed by atoms with Gasteiger partial charge in [-0.3, -0.25) is 9.48 Å². The van der Waals surface area contributed by atoms with Crippen LogP contribution in [0.25, 0.3) is 0 Å². The van der Waals surface area contributed by atoms with Crippen molar-refractivity contribution in [2.24, 2.45) is 0 Å². The first-order valence-corrected chi connectivity index (χ1v) is 8.05. The number of anilines is 1. The molecular formula is C17H14F6N4O2. The smallest absolute Gasteiger partial charge is 0.378 e. The number of aromatic nitrogens is 2. The molecule has 1 heterocycles. The molecule has 2 rings (SSSR count). The van der Waals surface area contributed by atoms with Gasteiger partial charge >= 0.3 is 12.4 Å². The van der Waals surface area contributed by atoms with Crippen molar-refractivity contribution in [3.8, 4) is 6.07 Å². The van der Waals surface area contributed by atoms with Gasteiger partial charge in [0.15, 0.2) is 5.60 Å². The third kappa shape index (κ3) is 5.05. The summed E-state index contributed by atoms with van der Waals surface area (Å²) in [5, 5.41) is 24.8. The Morgan fingerprint density at radius 3 is 2.38 bits per heavy atom. The summed E-state index contributed by atoms with van der Waals surface area (Å²) in [6.07, 6.45) is -8.67. The molecule has 12 heteroatoms. The first-order valence-electron chi connectivity index (χ1n) is 8.05. The zero-order valence-corrected chi connectivity index (χ0v) is 14.8. The van der Waals surface area contributed by atoms with Crippen molar-refractivity contribution in [1.29, 1.82) is 5.26 Å². The molecule has 0 saturated heterocycles. The SMILES string of the molecule is CC[C@](O)(Cn1cc(C(F)(F)F)cn1)C(=O)Nc1ccc(C#N)c(C(F)(F)F)c1. The number of carbonyl (C=O) groups is 1. The number of nitrogens with one attached hydrogen (secondary N) is 1. The van der Waals surface area contributed by atoms with Crippen LogP contribution in [0.4, 0.5) is 32.0 Å². The molecule has 0 spiro atoms. The van der Waals surface area contributed by atoms with Crippen LogP contribution >= 0.6 is 0 Å². The topological polar surface area (TPSA) is 90.9 Å². The molecule has 1 atom stereocenters. The van der Waals surface area contributed by atoms with Gasteiger partial charge in [0.2, 0.25) is 0 Å². The first-order chi connectivity index (χ1) is 13.3.